The lowest BCUT2D eigenvalue weighted by molar-refractivity contribution is -0.386. The molecule has 0 bridgehead atoms. The largest absolute Gasteiger partial charge is 0.394 e. The molecule has 0 aliphatic rings. The van der Waals surface area contributed by atoms with Gasteiger partial charge >= 0.3 is 0 Å². The summed E-state index contributed by atoms with van der Waals surface area (Å²) in [5.41, 5.74) is -0.483. The van der Waals surface area contributed by atoms with E-state index >= 15 is 0 Å². The first kappa shape index (κ1) is 12.9. The van der Waals surface area contributed by atoms with Crippen molar-refractivity contribution in [2.75, 3.05) is 6.61 Å². The van der Waals surface area contributed by atoms with Crippen molar-refractivity contribution in [3.63, 3.8) is 0 Å². The Morgan fingerprint density at radius 1 is 1.44 bits per heavy atom. The third kappa shape index (κ3) is 2.67. The van der Waals surface area contributed by atoms with Gasteiger partial charge in [-0.2, -0.15) is 0 Å². The maximum Gasteiger partial charge on any atom is 0.276 e. The summed E-state index contributed by atoms with van der Waals surface area (Å²) in [7, 11) is 0. The van der Waals surface area contributed by atoms with E-state index < -0.39 is 29.4 Å². The van der Waals surface area contributed by atoms with Crippen LogP contribution in [0.25, 0.3) is 0 Å². The lowest BCUT2D eigenvalue weighted by Gasteiger charge is -2.15. The van der Waals surface area contributed by atoms with E-state index in [1.807, 2.05) is 0 Å². The monoisotopic (exact) mass is 247 g/mol. The zero-order valence-corrected chi connectivity index (χ0v) is 8.83. The summed E-state index contributed by atoms with van der Waals surface area (Å²) >= 11 is 5.58. The maximum absolute atomic E-state index is 10.7. The second-order valence-corrected chi connectivity index (χ2v) is 3.59. The minimum absolute atomic E-state index is 0.0871. The SMILES string of the molecule is O=[N+]([O-])c1cc(Cl)ccc1C(O)C(O)CO. The van der Waals surface area contributed by atoms with Gasteiger partial charge in [-0.05, 0) is 12.1 Å². The van der Waals surface area contributed by atoms with Crippen LogP contribution in [0.3, 0.4) is 0 Å². The molecule has 0 aliphatic carbocycles. The molecule has 2 atom stereocenters. The second kappa shape index (κ2) is 5.22. The van der Waals surface area contributed by atoms with E-state index in [2.05, 4.69) is 0 Å². The molecule has 0 saturated heterocycles. The fraction of sp³-hybridized carbons (Fsp3) is 0.333. The molecule has 2 unspecified atom stereocenters. The van der Waals surface area contributed by atoms with E-state index in [0.29, 0.717) is 0 Å². The number of hydrogen-bond acceptors (Lipinski definition) is 5. The quantitative estimate of drug-likeness (QED) is 0.535. The van der Waals surface area contributed by atoms with E-state index in [1.165, 1.54) is 12.1 Å². The molecule has 1 aromatic rings. The highest BCUT2D eigenvalue weighted by Gasteiger charge is 2.25. The molecule has 0 heterocycles. The summed E-state index contributed by atoms with van der Waals surface area (Å²) in [6, 6.07) is 3.67. The Kier molecular flexibility index (Phi) is 4.19. The lowest BCUT2D eigenvalue weighted by atomic mass is 10.0. The van der Waals surface area contributed by atoms with Crippen LogP contribution in [0.1, 0.15) is 11.7 Å². The van der Waals surface area contributed by atoms with Crippen LogP contribution < -0.4 is 0 Å². The van der Waals surface area contributed by atoms with Gasteiger partial charge in [0.25, 0.3) is 5.69 Å². The van der Waals surface area contributed by atoms with Crippen molar-refractivity contribution >= 4 is 17.3 Å². The highest BCUT2D eigenvalue weighted by atomic mass is 35.5. The molecule has 6 nitrogen and oxygen atoms in total. The molecule has 3 N–H and O–H groups in total. The molecule has 0 aromatic heterocycles. The zero-order valence-electron chi connectivity index (χ0n) is 8.08. The van der Waals surface area contributed by atoms with E-state index in [9.17, 15) is 20.3 Å². The normalized spacial score (nSPS) is 14.5. The Bertz CT molecular complexity index is 397. The molecule has 1 aromatic carbocycles. The van der Waals surface area contributed by atoms with Crippen molar-refractivity contribution < 1.29 is 20.2 Å². The van der Waals surface area contributed by atoms with Crippen LogP contribution in [0, 0.1) is 10.1 Å². The summed E-state index contributed by atoms with van der Waals surface area (Å²) in [5.74, 6) is 0. The number of nitro benzene ring substituents is 1. The topological polar surface area (TPSA) is 104 Å². The number of halogens is 1. The minimum atomic E-state index is -1.53. The van der Waals surface area contributed by atoms with Gasteiger partial charge in [0.05, 0.1) is 17.1 Å². The molecule has 0 fully saturated rings. The van der Waals surface area contributed by atoms with Gasteiger partial charge in [-0.15, -0.1) is 0 Å². The molecular formula is C9H10ClNO5. The van der Waals surface area contributed by atoms with Gasteiger partial charge in [-0.25, -0.2) is 0 Å². The van der Waals surface area contributed by atoms with Crippen LogP contribution in [-0.2, 0) is 0 Å². The van der Waals surface area contributed by atoms with Crippen molar-refractivity contribution in [3.8, 4) is 0 Å². The van der Waals surface area contributed by atoms with E-state index in [1.54, 1.807) is 0 Å². The molecule has 1 rings (SSSR count). The number of aliphatic hydroxyl groups excluding tert-OH is 3. The van der Waals surface area contributed by atoms with E-state index in [-0.39, 0.29) is 10.6 Å². The fourth-order valence-electron chi connectivity index (χ4n) is 1.23. The number of benzene rings is 1. The molecular weight excluding hydrogens is 238 g/mol. The van der Waals surface area contributed by atoms with Crippen molar-refractivity contribution in [2.45, 2.75) is 12.2 Å². The highest BCUT2D eigenvalue weighted by Crippen LogP contribution is 2.29. The maximum atomic E-state index is 10.7. The van der Waals surface area contributed by atoms with E-state index in [4.69, 9.17) is 16.7 Å². The third-order valence-corrected chi connectivity index (χ3v) is 2.29. The molecule has 0 spiro atoms. The van der Waals surface area contributed by atoms with Gasteiger partial charge in [0.2, 0.25) is 0 Å². The van der Waals surface area contributed by atoms with Gasteiger partial charge in [0.1, 0.15) is 12.2 Å². The summed E-state index contributed by atoms with van der Waals surface area (Å²) in [6.07, 6.45) is -3.00. The van der Waals surface area contributed by atoms with Crippen LogP contribution in [0.5, 0.6) is 0 Å². The number of rotatable bonds is 4. The molecule has 88 valence electrons. The second-order valence-electron chi connectivity index (χ2n) is 3.16. The Hall–Kier alpha value is -1.21. The van der Waals surface area contributed by atoms with Crippen LogP contribution in [0.15, 0.2) is 18.2 Å². The van der Waals surface area contributed by atoms with Crippen molar-refractivity contribution in [2.24, 2.45) is 0 Å². The van der Waals surface area contributed by atoms with Gasteiger partial charge in [0.15, 0.2) is 0 Å². The molecule has 16 heavy (non-hydrogen) atoms. The third-order valence-electron chi connectivity index (χ3n) is 2.06. The number of nitro groups is 1. The summed E-state index contributed by atoms with van der Waals surface area (Å²) < 4.78 is 0. The Balaban J connectivity index is 3.17. The van der Waals surface area contributed by atoms with Crippen molar-refractivity contribution in [3.05, 3.63) is 38.9 Å². The molecule has 0 radical (unpaired) electrons. The Morgan fingerprint density at radius 3 is 2.56 bits per heavy atom. The first-order chi connectivity index (χ1) is 7.47. The zero-order chi connectivity index (χ0) is 12.3. The predicted octanol–water partition coefficient (Wildman–Crippen LogP) is 0.635. The van der Waals surface area contributed by atoms with Gasteiger partial charge < -0.3 is 15.3 Å². The highest BCUT2D eigenvalue weighted by molar-refractivity contribution is 6.30. The smallest absolute Gasteiger partial charge is 0.276 e. The average Bonchev–Trinajstić information content (AvgIpc) is 2.26. The predicted molar refractivity (Wildman–Crippen MR) is 56.2 cm³/mol. The lowest BCUT2D eigenvalue weighted by Crippen LogP contribution is -2.22. The van der Waals surface area contributed by atoms with Crippen LogP contribution in [0.4, 0.5) is 5.69 Å². The summed E-state index contributed by atoms with van der Waals surface area (Å²) in [4.78, 5) is 9.97. The summed E-state index contributed by atoms with van der Waals surface area (Å²) in [6.45, 7) is -0.694. The molecule has 0 saturated carbocycles. The first-order valence-electron chi connectivity index (χ1n) is 4.38. The van der Waals surface area contributed by atoms with Crippen LogP contribution in [-0.4, -0.2) is 33.0 Å². The molecule has 0 amide bonds. The molecule has 0 aliphatic heterocycles. The number of nitrogens with zero attached hydrogens (tertiary/aromatic N) is 1. The summed E-state index contributed by atoms with van der Waals surface area (Å²) in [5, 5.41) is 38.2. The first-order valence-corrected chi connectivity index (χ1v) is 4.76. The standard InChI is InChI=1S/C9H10ClNO5/c10-5-1-2-6(7(3-5)11(15)16)9(14)8(13)4-12/h1-3,8-9,12-14H,4H2. The average molecular weight is 248 g/mol. The number of hydrogen-bond donors (Lipinski definition) is 3. The van der Waals surface area contributed by atoms with E-state index in [0.717, 1.165) is 6.07 Å². The Labute approximate surface area is 95.9 Å². The molecule has 7 heteroatoms. The van der Waals surface area contributed by atoms with Gasteiger partial charge in [0, 0.05) is 11.1 Å². The van der Waals surface area contributed by atoms with Crippen LogP contribution >= 0.6 is 11.6 Å². The van der Waals surface area contributed by atoms with Crippen molar-refractivity contribution in [1.29, 1.82) is 0 Å². The van der Waals surface area contributed by atoms with Crippen LogP contribution in [0.2, 0.25) is 5.02 Å². The van der Waals surface area contributed by atoms with Gasteiger partial charge in [-0.3, -0.25) is 10.1 Å². The van der Waals surface area contributed by atoms with Gasteiger partial charge in [-0.1, -0.05) is 11.6 Å². The Morgan fingerprint density at radius 2 is 2.06 bits per heavy atom. The fourth-order valence-corrected chi connectivity index (χ4v) is 1.40. The van der Waals surface area contributed by atoms with Crippen molar-refractivity contribution in [1.82, 2.24) is 0 Å². The minimum Gasteiger partial charge on any atom is -0.394 e. The number of aliphatic hydroxyl groups is 3.